The fraction of sp³-hybridized carbons (Fsp3) is 0.500. The van der Waals surface area contributed by atoms with Crippen molar-refractivity contribution in [2.45, 2.75) is 6.54 Å². The molecule has 0 aliphatic heterocycles. The lowest BCUT2D eigenvalue weighted by atomic mass is 10.1. The van der Waals surface area contributed by atoms with Crippen LogP contribution in [0.1, 0.15) is 11.1 Å². The molecule has 0 heterocycles. The second-order valence-corrected chi connectivity index (χ2v) is 4.51. The van der Waals surface area contributed by atoms with Crippen LogP contribution in [0, 0.1) is 0 Å². The zero-order chi connectivity index (χ0) is 15.7. The molecule has 0 atom stereocenters. The van der Waals surface area contributed by atoms with Crippen molar-refractivity contribution in [3.05, 3.63) is 29.3 Å². The zero-order valence-corrected chi connectivity index (χ0v) is 12.5. The predicted molar refractivity (Wildman–Crippen MR) is 79.7 cm³/mol. The Bertz CT molecular complexity index is 466. The second-order valence-electron chi connectivity index (χ2n) is 4.51. The van der Waals surface area contributed by atoms with Gasteiger partial charge in [-0.3, -0.25) is 4.90 Å². The monoisotopic (exact) mass is 297 g/mol. The number of ether oxygens (including phenoxy) is 2. The van der Waals surface area contributed by atoms with Crippen molar-refractivity contribution in [1.82, 2.24) is 4.90 Å². The number of benzene rings is 1. The van der Waals surface area contributed by atoms with Gasteiger partial charge in [0, 0.05) is 26.7 Å². The van der Waals surface area contributed by atoms with Gasteiger partial charge in [-0.1, -0.05) is 11.2 Å². The molecule has 118 valence electrons. The molecule has 0 aliphatic carbocycles. The predicted octanol–water partition coefficient (Wildman–Crippen LogP) is 0.230. The molecule has 1 rings (SSSR count). The van der Waals surface area contributed by atoms with Gasteiger partial charge < -0.3 is 25.5 Å². The van der Waals surface area contributed by atoms with Crippen LogP contribution in [0.15, 0.2) is 23.4 Å². The number of amidine groups is 1. The van der Waals surface area contributed by atoms with Crippen molar-refractivity contribution in [2.75, 3.05) is 40.5 Å². The quantitative estimate of drug-likeness (QED) is 0.261. The van der Waals surface area contributed by atoms with Crippen LogP contribution in [0.3, 0.4) is 0 Å². The molecule has 0 saturated carbocycles. The van der Waals surface area contributed by atoms with Crippen molar-refractivity contribution in [2.24, 2.45) is 10.9 Å². The molecule has 0 radical (unpaired) electrons. The minimum Gasteiger partial charge on any atom is -0.496 e. The maximum Gasteiger partial charge on any atom is 0.173 e. The summed E-state index contributed by atoms with van der Waals surface area (Å²) >= 11 is 0. The minimum atomic E-state index is -0.000648. The van der Waals surface area contributed by atoms with Gasteiger partial charge in [0.15, 0.2) is 5.84 Å². The maximum atomic E-state index is 9.10. The maximum absolute atomic E-state index is 9.10. The molecule has 0 saturated heterocycles. The summed E-state index contributed by atoms with van der Waals surface area (Å²) in [6.45, 7) is 2.55. The van der Waals surface area contributed by atoms with Gasteiger partial charge in [0.25, 0.3) is 0 Å². The Labute approximate surface area is 124 Å². The summed E-state index contributed by atoms with van der Waals surface area (Å²) in [7, 11) is 3.17. The van der Waals surface area contributed by atoms with Crippen molar-refractivity contribution in [3.63, 3.8) is 0 Å². The Morgan fingerprint density at radius 3 is 2.67 bits per heavy atom. The molecule has 21 heavy (non-hydrogen) atoms. The molecular formula is C14H23N3O4. The Balaban J connectivity index is 2.91. The van der Waals surface area contributed by atoms with Gasteiger partial charge in [-0.25, -0.2) is 0 Å². The topological polar surface area (TPSA) is 101 Å². The van der Waals surface area contributed by atoms with Gasteiger partial charge in [-0.15, -0.1) is 0 Å². The zero-order valence-electron chi connectivity index (χ0n) is 12.5. The van der Waals surface area contributed by atoms with Gasteiger partial charge in [0.05, 0.1) is 25.9 Å². The first kappa shape index (κ1) is 17.2. The highest BCUT2D eigenvalue weighted by Gasteiger charge is 2.11. The molecule has 0 spiro atoms. The van der Waals surface area contributed by atoms with Gasteiger partial charge in [-0.05, 0) is 17.7 Å². The third-order valence-electron chi connectivity index (χ3n) is 3.08. The SMILES string of the molecule is COCCN(CCO)Cc1ccc(OC)c(/C(N)=N/O)c1. The average molecular weight is 297 g/mol. The third kappa shape index (κ3) is 5.22. The Morgan fingerprint density at radius 1 is 1.33 bits per heavy atom. The highest BCUT2D eigenvalue weighted by atomic mass is 16.5. The molecule has 1 aromatic rings. The van der Waals surface area contributed by atoms with E-state index < -0.39 is 0 Å². The number of nitrogens with two attached hydrogens (primary N) is 1. The summed E-state index contributed by atoms with van der Waals surface area (Å²) < 4.78 is 10.3. The molecule has 7 heteroatoms. The van der Waals surface area contributed by atoms with E-state index in [0.717, 1.165) is 5.56 Å². The van der Waals surface area contributed by atoms with Crippen molar-refractivity contribution in [1.29, 1.82) is 0 Å². The second kappa shape index (κ2) is 9.17. The first-order valence-electron chi connectivity index (χ1n) is 6.63. The molecule has 0 bridgehead atoms. The van der Waals surface area contributed by atoms with Crippen molar-refractivity contribution < 1.29 is 19.8 Å². The largest absolute Gasteiger partial charge is 0.496 e. The number of nitrogens with zero attached hydrogens (tertiary/aromatic N) is 2. The summed E-state index contributed by atoms with van der Waals surface area (Å²) in [5.74, 6) is 0.541. The molecule has 0 amide bonds. The molecule has 1 aromatic carbocycles. The van der Waals surface area contributed by atoms with E-state index >= 15 is 0 Å². The van der Waals surface area contributed by atoms with Crippen LogP contribution in [-0.2, 0) is 11.3 Å². The van der Waals surface area contributed by atoms with E-state index in [2.05, 4.69) is 10.1 Å². The number of methoxy groups -OCH3 is 2. The third-order valence-corrected chi connectivity index (χ3v) is 3.08. The summed E-state index contributed by atoms with van der Waals surface area (Å²) in [6.07, 6.45) is 0. The first-order valence-corrected chi connectivity index (χ1v) is 6.63. The normalized spacial score (nSPS) is 11.9. The Kier molecular flexibility index (Phi) is 7.52. The molecule has 0 unspecified atom stereocenters. The number of aliphatic hydroxyl groups excluding tert-OH is 1. The van der Waals surface area contributed by atoms with E-state index in [1.165, 1.54) is 7.11 Å². The standard InChI is InChI=1S/C14H23N3O4/c1-20-8-6-17(5-7-18)10-11-3-4-13(21-2)12(9-11)14(15)16-19/h3-4,9,18-19H,5-8,10H2,1-2H3,(H2,15,16). The molecule has 7 nitrogen and oxygen atoms in total. The Hall–Kier alpha value is -1.83. The van der Waals surface area contributed by atoms with Crippen LogP contribution in [0.5, 0.6) is 5.75 Å². The number of oxime groups is 1. The van der Waals surface area contributed by atoms with Crippen LogP contribution >= 0.6 is 0 Å². The van der Waals surface area contributed by atoms with Crippen molar-refractivity contribution >= 4 is 5.84 Å². The van der Waals surface area contributed by atoms with E-state index in [1.54, 1.807) is 13.2 Å². The van der Waals surface area contributed by atoms with E-state index in [1.807, 2.05) is 12.1 Å². The summed E-state index contributed by atoms with van der Waals surface area (Å²) in [5.41, 5.74) is 7.17. The van der Waals surface area contributed by atoms with Crippen LogP contribution < -0.4 is 10.5 Å². The molecule has 0 fully saturated rings. The number of aliphatic hydroxyl groups is 1. The van der Waals surface area contributed by atoms with E-state index in [4.69, 9.17) is 25.5 Å². The van der Waals surface area contributed by atoms with E-state index in [0.29, 0.717) is 37.6 Å². The van der Waals surface area contributed by atoms with Gasteiger partial charge in [0.1, 0.15) is 5.75 Å². The number of rotatable bonds is 9. The fourth-order valence-corrected chi connectivity index (χ4v) is 2.00. The smallest absolute Gasteiger partial charge is 0.173 e. The number of hydrogen-bond acceptors (Lipinski definition) is 6. The van der Waals surface area contributed by atoms with Crippen LogP contribution in [-0.4, -0.2) is 61.6 Å². The Morgan fingerprint density at radius 2 is 2.10 bits per heavy atom. The lowest BCUT2D eigenvalue weighted by molar-refractivity contribution is 0.127. The highest BCUT2D eigenvalue weighted by Crippen LogP contribution is 2.20. The molecular weight excluding hydrogens is 274 g/mol. The van der Waals surface area contributed by atoms with Gasteiger partial charge in [0.2, 0.25) is 0 Å². The van der Waals surface area contributed by atoms with E-state index in [-0.39, 0.29) is 12.4 Å². The molecule has 0 aliphatic rings. The average Bonchev–Trinajstić information content (AvgIpc) is 2.51. The van der Waals surface area contributed by atoms with Gasteiger partial charge >= 0.3 is 0 Å². The first-order chi connectivity index (χ1) is 10.2. The van der Waals surface area contributed by atoms with Gasteiger partial charge in [-0.2, -0.15) is 0 Å². The van der Waals surface area contributed by atoms with Crippen LogP contribution in [0.4, 0.5) is 0 Å². The summed E-state index contributed by atoms with van der Waals surface area (Å²) in [5, 5.41) is 20.9. The summed E-state index contributed by atoms with van der Waals surface area (Å²) in [4.78, 5) is 2.06. The molecule has 0 aromatic heterocycles. The fourth-order valence-electron chi connectivity index (χ4n) is 2.00. The molecule has 4 N–H and O–H groups in total. The van der Waals surface area contributed by atoms with Crippen LogP contribution in [0.2, 0.25) is 0 Å². The summed E-state index contributed by atoms with van der Waals surface area (Å²) in [6, 6.07) is 5.49. The lowest BCUT2D eigenvalue weighted by Crippen LogP contribution is -2.30. The lowest BCUT2D eigenvalue weighted by Gasteiger charge is -2.21. The highest BCUT2D eigenvalue weighted by molar-refractivity contribution is 5.99. The van der Waals surface area contributed by atoms with Crippen molar-refractivity contribution in [3.8, 4) is 5.75 Å². The number of hydrogen-bond donors (Lipinski definition) is 3. The minimum absolute atomic E-state index is 0.000648. The van der Waals surface area contributed by atoms with Crippen LogP contribution in [0.25, 0.3) is 0 Å². The van der Waals surface area contributed by atoms with E-state index in [9.17, 15) is 0 Å².